The minimum Gasteiger partial charge on any atom is -0.481 e. The number of hydrogen-bond donors (Lipinski definition) is 3. The minimum atomic E-state index is -0.920. The van der Waals surface area contributed by atoms with Crippen molar-refractivity contribution in [1.82, 2.24) is 10.6 Å². The number of carbonyl (C=O) groups excluding carboxylic acids is 1. The number of rotatable bonds is 6. The van der Waals surface area contributed by atoms with Crippen LogP contribution in [0, 0.1) is 11.8 Å². The molecule has 0 spiro atoms. The number of ether oxygens (including phenoxy) is 1. The highest BCUT2D eigenvalue weighted by Gasteiger charge is 2.42. The molecule has 0 aromatic heterocycles. The molecule has 2 rings (SSSR count). The number of aliphatic carboxylic acids is 1. The summed E-state index contributed by atoms with van der Waals surface area (Å²) < 4.78 is 5.04. The molecule has 108 valence electrons. The van der Waals surface area contributed by atoms with Crippen LogP contribution in [0.4, 0.5) is 0 Å². The summed E-state index contributed by atoms with van der Waals surface area (Å²) in [6.45, 7) is 1.17. The first-order chi connectivity index (χ1) is 9.11. The Morgan fingerprint density at radius 1 is 1.47 bits per heavy atom. The first-order valence-corrected chi connectivity index (χ1v) is 6.87. The number of carboxylic acids is 1. The van der Waals surface area contributed by atoms with Crippen LogP contribution in [0.25, 0.3) is 0 Å². The van der Waals surface area contributed by atoms with Crippen LogP contribution < -0.4 is 10.6 Å². The van der Waals surface area contributed by atoms with Crippen LogP contribution in [0.15, 0.2) is 0 Å². The summed E-state index contributed by atoms with van der Waals surface area (Å²) in [5.41, 5.74) is 0. The van der Waals surface area contributed by atoms with E-state index in [1.54, 1.807) is 0 Å². The SMILES string of the molecule is COC(CNC(=O)C1NCC2CCCC21)CC(=O)O. The standard InChI is InChI=1S/C13H22N2O4/c1-19-9(5-11(16)17)7-15-13(18)12-10-4-2-3-8(10)6-14-12/h8-10,12,14H,2-7H2,1H3,(H,15,18)(H,16,17). The molecule has 1 saturated heterocycles. The van der Waals surface area contributed by atoms with Crippen LogP contribution in [0.3, 0.4) is 0 Å². The molecule has 6 nitrogen and oxygen atoms in total. The summed E-state index contributed by atoms with van der Waals surface area (Å²) in [4.78, 5) is 22.7. The smallest absolute Gasteiger partial charge is 0.306 e. The van der Waals surface area contributed by atoms with Crippen LogP contribution in [0.1, 0.15) is 25.7 Å². The highest BCUT2D eigenvalue weighted by atomic mass is 16.5. The number of methoxy groups -OCH3 is 1. The molecule has 1 heterocycles. The lowest BCUT2D eigenvalue weighted by atomic mass is 9.93. The molecule has 3 N–H and O–H groups in total. The van der Waals surface area contributed by atoms with Crippen LogP contribution in [0.5, 0.6) is 0 Å². The largest absolute Gasteiger partial charge is 0.481 e. The highest BCUT2D eigenvalue weighted by Crippen LogP contribution is 2.37. The maximum atomic E-state index is 12.1. The Labute approximate surface area is 112 Å². The van der Waals surface area contributed by atoms with Crippen molar-refractivity contribution in [3.63, 3.8) is 0 Å². The third-order valence-electron chi connectivity index (χ3n) is 4.27. The maximum absolute atomic E-state index is 12.1. The molecular formula is C13H22N2O4. The van der Waals surface area contributed by atoms with Crippen molar-refractivity contribution in [2.75, 3.05) is 20.2 Å². The molecule has 0 aromatic carbocycles. The zero-order valence-corrected chi connectivity index (χ0v) is 11.2. The van der Waals surface area contributed by atoms with E-state index in [9.17, 15) is 9.59 Å². The van der Waals surface area contributed by atoms with E-state index in [2.05, 4.69) is 10.6 Å². The van der Waals surface area contributed by atoms with Gasteiger partial charge in [0, 0.05) is 13.7 Å². The second kappa shape index (κ2) is 6.34. The lowest BCUT2D eigenvalue weighted by Gasteiger charge is -2.20. The predicted octanol–water partition coefficient (Wildman–Crippen LogP) is -0.0196. The lowest BCUT2D eigenvalue weighted by Crippen LogP contribution is -2.46. The van der Waals surface area contributed by atoms with Gasteiger partial charge in [-0.15, -0.1) is 0 Å². The van der Waals surface area contributed by atoms with Gasteiger partial charge < -0.3 is 20.5 Å². The lowest BCUT2D eigenvalue weighted by molar-refractivity contribution is -0.140. The molecule has 0 bridgehead atoms. The molecule has 1 saturated carbocycles. The maximum Gasteiger partial charge on any atom is 0.306 e. The molecule has 1 amide bonds. The van der Waals surface area contributed by atoms with E-state index in [0.29, 0.717) is 11.8 Å². The first kappa shape index (κ1) is 14.3. The monoisotopic (exact) mass is 270 g/mol. The van der Waals surface area contributed by atoms with Gasteiger partial charge >= 0.3 is 5.97 Å². The fraction of sp³-hybridized carbons (Fsp3) is 0.846. The number of amides is 1. The van der Waals surface area contributed by atoms with Crippen molar-refractivity contribution in [1.29, 1.82) is 0 Å². The van der Waals surface area contributed by atoms with Gasteiger partial charge in [-0.05, 0) is 31.2 Å². The second-order valence-electron chi connectivity index (χ2n) is 5.44. The summed E-state index contributed by atoms with van der Waals surface area (Å²) in [7, 11) is 1.46. The summed E-state index contributed by atoms with van der Waals surface area (Å²) in [6, 6.07) is -0.116. The van der Waals surface area contributed by atoms with Crippen molar-refractivity contribution in [3.8, 4) is 0 Å². The average molecular weight is 270 g/mol. The van der Waals surface area contributed by atoms with E-state index in [0.717, 1.165) is 13.0 Å². The summed E-state index contributed by atoms with van der Waals surface area (Å²) in [6.07, 6.45) is 2.96. The number of carbonyl (C=O) groups is 2. The Bertz CT molecular complexity index is 348. The Hall–Kier alpha value is -1.14. The van der Waals surface area contributed by atoms with Gasteiger partial charge in [0.05, 0.1) is 18.6 Å². The van der Waals surface area contributed by atoms with E-state index in [1.807, 2.05) is 0 Å². The van der Waals surface area contributed by atoms with E-state index < -0.39 is 12.1 Å². The zero-order valence-electron chi connectivity index (χ0n) is 11.2. The van der Waals surface area contributed by atoms with Gasteiger partial charge in [-0.1, -0.05) is 6.42 Å². The van der Waals surface area contributed by atoms with Gasteiger partial charge in [0.15, 0.2) is 0 Å². The molecule has 1 aliphatic heterocycles. The molecule has 6 heteroatoms. The fourth-order valence-electron chi connectivity index (χ4n) is 3.23. The van der Waals surface area contributed by atoms with E-state index in [-0.39, 0.29) is 24.9 Å². The third-order valence-corrected chi connectivity index (χ3v) is 4.27. The fourth-order valence-corrected chi connectivity index (χ4v) is 3.23. The predicted molar refractivity (Wildman–Crippen MR) is 68.7 cm³/mol. The van der Waals surface area contributed by atoms with E-state index in [4.69, 9.17) is 9.84 Å². The molecule has 0 radical (unpaired) electrons. The first-order valence-electron chi connectivity index (χ1n) is 6.87. The van der Waals surface area contributed by atoms with Crippen LogP contribution in [0.2, 0.25) is 0 Å². The number of nitrogens with one attached hydrogen (secondary N) is 2. The summed E-state index contributed by atoms with van der Waals surface area (Å²) in [5.74, 6) is 0.131. The van der Waals surface area contributed by atoms with Gasteiger partial charge in [-0.3, -0.25) is 9.59 Å². The molecule has 1 aliphatic carbocycles. The zero-order chi connectivity index (χ0) is 13.8. The average Bonchev–Trinajstić information content (AvgIpc) is 2.95. The Morgan fingerprint density at radius 2 is 2.26 bits per heavy atom. The van der Waals surface area contributed by atoms with Crippen LogP contribution in [-0.2, 0) is 14.3 Å². The van der Waals surface area contributed by atoms with Gasteiger partial charge in [0.25, 0.3) is 0 Å². The third kappa shape index (κ3) is 3.45. The number of fused-ring (bicyclic) bond motifs is 1. The normalized spacial score (nSPS) is 30.9. The molecule has 4 unspecified atom stereocenters. The van der Waals surface area contributed by atoms with Crippen LogP contribution in [-0.4, -0.2) is 49.3 Å². The molecule has 2 aliphatic rings. The topological polar surface area (TPSA) is 87.7 Å². The quantitative estimate of drug-likeness (QED) is 0.631. The Morgan fingerprint density at radius 3 is 2.95 bits per heavy atom. The summed E-state index contributed by atoms with van der Waals surface area (Å²) in [5, 5.41) is 14.8. The highest BCUT2D eigenvalue weighted by molar-refractivity contribution is 5.82. The van der Waals surface area contributed by atoms with Crippen molar-refractivity contribution >= 4 is 11.9 Å². The van der Waals surface area contributed by atoms with Crippen LogP contribution >= 0.6 is 0 Å². The molecule has 0 aromatic rings. The van der Waals surface area contributed by atoms with Gasteiger partial charge in [-0.2, -0.15) is 0 Å². The summed E-state index contributed by atoms with van der Waals surface area (Å²) >= 11 is 0. The van der Waals surface area contributed by atoms with Crippen molar-refractivity contribution in [2.24, 2.45) is 11.8 Å². The molecule has 19 heavy (non-hydrogen) atoms. The van der Waals surface area contributed by atoms with Gasteiger partial charge in [-0.25, -0.2) is 0 Å². The number of hydrogen-bond acceptors (Lipinski definition) is 4. The van der Waals surface area contributed by atoms with Crippen molar-refractivity contribution in [2.45, 2.75) is 37.8 Å². The van der Waals surface area contributed by atoms with Gasteiger partial charge in [0.1, 0.15) is 0 Å². The Kier molecular flexibility index (Phi) is 4.76. The van der Waals surface area contributed by atoms with E-state index in [1.165, 1.54) is 20.0 Å². The molecule has 4 atom stereocenters. The molecule has 2 fully saturated rings. The molecular weight excluding hydrogens is 248 g/mol. The van der Waals surface area contributed by atoms with Crippen molar-refractivity contribution in [3.05, 3.63) is 0 Å². The second-order valence-corrected chi connectivity index (χ2v) is 5.44. The van der Waals surface area contributed by atoms with E-state index >= 15 is 0 Å². The van der Waals surface area contributed by atoms with Gasteiger partial charge in [0.2, 0.25) is 5.91 Å². The Balaban J connectivity index is 1.79. The van der Waals surface area contributed by atoms with Crippen molar-refractivity contribution < 1.29 is 19.4 Å². The number of carboxylic acid groups (broad SMARTS) is 1. The minimum absolute atomic E-state index is 0.0261.